The summed E-state index contributed by atoms with van der Waals surface area (Å²) in [6.45, 7) is 0. The third-order valence-electron chi connectivity index (χ3n) is 2.50. The first-order chi connectivity index (χ1) is 9.41. The lowest BCUT2D eigenvalue weighted by Crippen LogP contribution is -2.42. The largest absolute Gasteiger partial charge is 0.370 e. The lowest BCUT2D eigenvalue weighted by molar-refractivity contribution is -0.130. The molecule has 4 amide bonds. The average molecular weight is 286 g/mol. The van der Waals surface area contributed by atoms with E-state index < -0.39 is 0 Å². The number of hydrogen-bond donors (Lipinski definition) is 4. The average Bonchev–Trinajstić information content (AvgIpc) is 2.36. The lowest BCUT2D eigenvalue weighted by Gasteiger charge is -2.09. The van der Waals surface area contributed by atoms with Crippen LogP contribution in [0.5, 0.6) is 0 Å². The minimum absolute atomic E-state index is 0.104. The minimum Gasteiger partial charge on any atom is -0.370 e. The highest BCUT2D eigenvalue weighted by atomic mass is 16.2. The summed E-state index contributed by atoms with van der Waals surface area (Å²) in [4.78, 5) is 41.6. The monoisotopic (exact) mass is 286 g/mol. The molecule has 0 aromatic carbocycles. The fourth-order valence-corrected chi connectivity index (χ4v) is 1.43. The Morgan fingerprint density at radius 3 is 1.50 bits per heavy atom. The maximum atomic E-state index is 10.7. The van der Waals surface area contributed by atoms with Gasteiger partial charge in [-0.05, 0) is 25.7 Å². The van der Waals surface area contributed by atoms with Crippen molar-refractivity contribution in [3.05, 3.63) is 0 Å². The van der Waals surface area contributed by atoms with Crippen LogP contribution < -0.4 is 22.3 Å². The van der Waals surface area contributed by atoms with Gasteiger partial charge in [-0.25, -0.2) is 0 Å². The third kappa shape index (κ3) is 12.3. The van der Waals surface area contributed by atoms with Gasteiger partial charge in [0.15, 0.2) is 0 Å². The summed E-state index contributed by atoms with van der Waals surface area (Å²) in [6.07, 6.45) is 4.62. The first-order valence-corrected chi connectivity index (χ1v) is 6.56. The SMILES string of the molecule is NC(=O)CCCCC(N)=O.O=C1CCCCC(=O)NN1. The highest BCUT2D eigenvalue weighted by molar-refractivity contribution is 5.82. The Balaban J connectivity index is 0.000000361. The molecule has 0 aliphatic carbocycles. The molecule has 1 heterocycles. The number of carbonyl (C=O) groups excluding carboxylic acids is 4. The zero-order valence-electron chi connectivity index (χ0n) is 11.4. The Bertz CT molecular complexity index is 323. The maximum Gasteiger partial charge on any atom is 0.238 e. The van der Waals surface area contributed by atoms with E-state index in [9.17, 15) is 19.2 Å². The molecule has 8 heteroatoms. The van der Waals surface area contributed by atoms with Crippen LogP contribution in [0.25, 0.3) is 0 Å². The van der Waals surface area contributed by atoms with Crippen molar-refractivity contribution in [1.29, 1.82) is 0 Å². The number of hydrogen-bond acceptors (Lipinski definition) is 4. The molecule has 8 nitrogen and oxygen atoms in total. The van der Waals surface area contributed by atoms with E-state index in [0.29, 0.717) is 38.5 Å². The van der Waals surface area contributed by atoms with E-state index >= 15 is 0 Å². The molecule has 0 aromatic heterocycles. The summed E-state index contributed by atoms with van der Waals surface area (Å²) in [5.41, 5.74) is 14.3. The van der Waals surface area contributed by atoms with Gasteiger partial charge in [-0.15, -0.1) is 0 Å². The topological polar surface area (TPSA) is 144 Å². The van der Waals surface area contributed by atoms with Gasteiger partial charge in [0.25, 0.3) is 0 Å². The fraction of sp³-hybridized carbons (Fsp3) is 0.667. The summed E-state index contributed by atoms with van der Waals surface area (Å²) in [5.74, 6) is -0.866. The van der Waals surface area contributed by atoms with Crippen molar-refractivity contribution in [3.63, 3.8) is 0 Å². The van der Waals surface area contributed by atoms with E-state index in [0.717, 1.165) is 12.8 Å². The molecule has 6 N–H and O–H groups in total. The Hall–Kier alpha value is -2.12. The highest BCUT2D eigenvalue weighted by Crippen LogP contribution is 2.01. The van der Waals surface area contributed by atoms with Crippen molar-refractivity contribution in [2.45, 2.75) is 51.4 Å². The minimum atomic E-state index is -0.329. The molecule has 114 valence electrons. The van der Waals surface area contributed by atoms with Crippen molar-refractivity contribution in [2.75, 3.05) is 0 Å². The second-order valence-corrected chi connectivity index (χ2v) is 4.44. The molecule has 0 spiro atoms. The van der Waals surface area contributed by atoms with Crippen molar-refractivity contribution < 1.29 is 19.2 Å². The van der Waals surface area contributed by atoms with Crippen molar-refractivity contribution in [2.24, 2.45) is 11.5 Å². The van der Waals surface area contributed by atoms with Gasteiger partial charge in [0.05, 0.1) is 0 Å². The molecule has 0 aromatic rings. The number of primary amides is 2. The zero-order valence-corrected chi connectivity index (χ0v) is 11.4. The smallest absolute Gasteiger partial charge is 0.238 e. The number of hydrazine groups is 1. The molecule has 0 unspecified atom stereocenters. The number of carbonyl (C=O) groups is 4. The maximum absolute atomic E-state index is 10.7. The Morgan fingerprint density at radius 2 is 1.20 bits per heavy atom. The van der Waals surface area contributed by atoms with Crippen LogP contribution in [0.1, 0.15) is 51.4 Å². The number of unbranched alkanes of at least 4 members (excludes halogenated alkanes) is 1. The van der Waals surface area contributed by atoms with E-state index in [1.54, 1.807) is 0 Å². The summed E-state index contributed by atoms with van der Waals surface area (Å²) >= 11 is 0. The van der Waals surface area contributed by atoms with Crippen LogP contribution >= 0.6 is 0 Å². The number of nitrogens with two attached hydrogens (primary N) is 2. The van der Waals surface area contributed by atoms with Crippen LogP contribution in [0, 0.1) is 0 Å². The van der Waals surface area contributed by atoms with Gasteiger partial charge >= 0.3 is 0 Å². The molecule has 20 heavy (non-hydrogen) atoms. The van der Waals surface area contributed by atoms with E-state index in [4.69, 9.17) is 11.5 Å². The van der Waals surface area contributed by atoms with Gasteiger partial charge in [-0.3, -0.25) is 30.0 Å². The molecule has 0 atom stereocenters. The molecule has 1 aliphatic heterocycles. The molecule has 0 bridgehead atoms. The van der Waals surface area contributed by atoms with Crippen molar-refractivity contribution in [1.82, 2.24) is 10.9 Å². The number of rotatable bonds is 5. The first-order valence-electron chi connectivity index (χ1n) is 6.56. The van der Waals surface area contributed by atoms with E-state index in [2.05, 4.69) is 10.9 Å². The molecule has 1 rings (SSSR count). The molecule has 1 aliphatic rings. The van der Waals surface area contributed by atoms with Crippen LogP contribution in [0.3, 0.4) is 0 Å². The standard InChI is InChI=1S/C6H10N2O2.C6H12N2O2/c9-5-3-1-2-4-6(10)8-7-5;7-5(9)3-1-2-4-6(8)10/h1-4H2,(H,7,9)(H,8,10);1-4H2,(H2,7,9)(H2,8,10). The van der Waals surface area contributed by atoms with E-state index in [1.807, 2.05) is 0 Å². The van der Waals surface area contributed by atoms with Gasteiger partial charge < -0.3 is 11.5 Å². The van der Waals surface area contributed by atoms with E-state index in [1.165, 1.54) is 0 Å². The second-order valence-electron chi connectivity index (χ2n) is 4.44. The highest BCUT2D eigenvalue weighted by Gasteiger charge is 2.08. The molecular weight excluding hydrogens is 264 g/mol. The molecular formula is C12H22N4O4. The zero-order chi connectivity index (χ0) is 15.4. The Kier molecular flexibility index (Phi) is 9.63. The Morgan fingerprint density at radius 1 is 0.850 bits per heavy atom. The van der Waals surface area contributed by atoms with Crippen LogP contribution in [-0.4, -0.2) is 23.6 Å². The van der Waals surface area contributed by atoms with Crippen molar-refractivity contribution in [3.8, 4) is 0 Å². The fourth-order valence-electron chi connectivity index (χ4n) is 1.43. The van der Waals surface area contributed by atoms with Crippen LogP contribution in [-0.2, 0) is 19.2 Å². The predicted octanol–water partition coefficient (Wildman–Crippen LogP) is -0.775. The molecule has 1 saturated heterocycles. The molecule has 0 radical (unpaired) electrons. The summed E-state index contributed by atoms with van der Waals surface area (Å²) in [7, 11) is 0. The summed E-state index contributed by atoms with van der Waals surface area (Å²) < 4.78 is 0. The van der Waals surface area contributed by atoms with Gasteiger partial charge in [-0.1, -0.05) is 0 Å². The normalized spacial score (nSPS) is 14.8. The lowest BCUT2D eigenvalue weighted by atomic mass is 10.2. The van der Waals surface area contributed by atoms with Gasteiger partial charge in [0.1, 0.15) is 0 Å². The van der Waals surface area contributed by atoms with Gasteiger partial charge in [-0.2, -0.15) is 0 Å². The Labute approximate surface area is 117 Å². The quantitative estimate of drug-likeness (QED) is 0.491. The first kappa shape index (κ1) is 17.9. The van der Waals surface area contributed by atoms with Crippen LogP contribution in [0.2, 0.25) is 0 Å². The predicted molar refractivity (Wildman–Crippen MR) is 71.6 cm³/mol. The second kappa shape index (κ2) is 10.8. The van der Waals surface area contributed by atoms with E-state index in [-0.39, 0.29) is 23.6 Å². The number of amides is 4. The van der Waals surface area contributed by atoms with Crippen molar-refractivity contribution >= 4 is 23.6 Å². The molecule has 1 fully saturated rings. The molecule has 0 saturated carbocycles. The van der Waals surface area contributed by atoms with Crippen LogP contribution in [0.4, 0.5) is 0 Å². The van der Waals surface area contributed by atoms with Gasteiger partial charge in [0, 0.05) is 25.7 Å². The summed E-state index contributed by atoms with van der Waals surface area (Å²) in [5, 5.41) is 0. The van der Waals surface area contributed by atoms with Crippen LogP contribution in [0.15, 0.2) is 0 Å². The van der Waals surface area contributed by atoms with Gasteiger partial charge in [0.2, 0.25) is 23.6 Å². The summed E-state index contributed by atoms with van der Waals surface area (Å²) in [6, 6.07) is 0. The third-order valence-corrected chi connectivity index (χ3v) is 2.50. The number of nitrogens with one attached hydrogen (secondary N) is 2.